The van der Waals surface area contributed by atoms with Gasteiger partial charge in [-0.05, 0) is 27.2 Å². The molecule has 1 saturated heterocycles. The predicted octanol–water partition coefficient (Wildman–Crippen LogP) is 1.33. The minimum absolute atomic E-state index is 0.149. The van der Waals surface area contributed by atoms with Crippen LogP contribution >= 0.6 is 0 Å². The topological polar surface area (TPSA) is 72.9 Å². The first kappa shape index (κ1) is 14.5. The zero-order chi connectivity index (χ0) is 13.9. The van der Waals surface area contributed by atoms with Gasteiger partial charge in [-0.15, -0.1) is 0 Å². The highest BCUT2D eigenvalue weighted by atomic mass is 16.6. The third-order valence-electron chi connectivity index (χ3n) is 2.45. The molecule has 1 aliphatic heterocycles. The summed E-state index contributed by atoms with van der Waals surface area (Å²) in [5, 5.41) is 0. The van der Waals surface area contributed by atoms with Gasteiger partial charge < -0.3 is 9.47 Å². The Hall–Kier alpha value is -1.59. The van der Waals surface area contributed by atoms with Crippen molar-refractivity contribution >= 4 is 18.0 Å². The molecule has 0 radical (unpaired) electrons. The van der Waals surface area contributed by atoms with Crippen LogP contribution in [0.25, 0.3) is 0 Å². The molecule has 0 bridgehead atoms. The van der Waals surface area contributed by atoms with E-state index in [2.05, 4.69) is 4.74 Å². The van der Waals surface area contributed by atoms with Crippen molar-refractivity contribution in [2.24, 2.45) is 5.92 Å². The maximum atomic E-state index is 11.9. The van der Waals surface area contributed by atoms with Gasteiger partial charge in [0.25, 0.3) is 0 Å². The Morgan fingerprint density at radius 2 is 2.06 bits per heavy atom. The zero-order valence-corrected chi connectivity index (χ0v) is 11.2. The third-order valence-corrected chi connectivity index (χ3v) is 2.45. The summed E-state index contributed by atoms with van der Waals surface area (Å²) in [5.41, 5.74) is -0.640. The monoisotopic (exact) mass is 257 g/mol. The molecule has 6 heteroatoms. The van der Waals surface area contributed by atoms with Crippen LogP contribution in [0.15, 0.2) is 0 Å². The minimum Gasteiger partial charge on any atom is -0.444 e. The predicted molar refractivity (Wildman–Crippen MR) is 62.7 cm³/mol. The largest absolute Gasteiger partial charge is 0.444 e. The first-order chi connectivity index (χ1) is 8.23. The van der Waals surface area contributed by atoms with Crippen molar-refractivity contribution in [1.82, 2.24) is 4.90 Å². The van der Waals surface area contributed by atoms with Crippen molar-refractivity contribution in [3.8, 4) is 0 Å². The van der Waals surface area contributed by atoms with E-state index in [9.17, 15) is 14.4 Å². The average Bonchev–Trinajstić information content (AvgIpc) is 2.34. The second-order valence-corrected chi connectivity index (χ2v) is 5.26. The number of hydrogen-bond acceptors (Lipinski definition) is 5. The molecule has 0 N–H and O–H groups in total. The SMILES string of the molecule is CC[C@H]1CN(C(=O)OC(C)(C)C)CC(=O)OC1=O. The second-order valence-electron chi connectivity index (χ2n) is 5.26. The Kier molecular flexibility index (Phi) is 4.32. The van der Waals surface area contributed by atoms with E-state index < -0.39 is 29.6 Å². The van der Waals surface area contributed by atoms with E-state index in [1.54, 1.807) is 27.7 Å². The van der Waals surface area contributed by atoms with Gasteiger partial charge in [0, 0.05) is 6.54 Å². The molecule has 1 heterocycles. The molecule has 0 saturated carbocycles. The van der Waals surface area contributed by atoms with Gasteiger partial charge in [0.15, 0.2) is 0 Å². The Balaban J connectivity index is 2.78. The number of ether oxygens (including phenoxy) is 2. The minimum atomic E-state index is -0.721. The Bertz CT molecular complexity index is 358. The van der Waals surface area contributed by atoms with E-state index in [4.69, 9.17) is 4.74 Å². The van der Waals surface area contributed by atoms with Gasteiger partial charge in [0.1, 0.15) is 12.1 Å². The van der Waals surface area contributed by atoms with E-state index in [0.29, 0.717) is 6.42 Å². The molecule has 0 spiro atoms. The fourth-order valence-electron chi connectivity index (χ4n) is 1.55. The number of hydrogen-bond donors (Lipinski definition) is 0. The van der Waals surface area contributed by atoms with Crippen LogP contribution in [-0.4, -0.2) is 41.6 Å². The van der Waals surface area contributed by atoms with Gasteiger partial charge in [0.05, 0.1) is 5.92 Å². The Morgan fingerprint density at radius 1 is 1.44 bits per heavy atom. The van der Waals surface area contributed by atoms with Gasteiger partial charge >= 0.3 is 18.0 Å². The molecule has 0 aromatic heterocycles. The summed E-state index contributed by atoms with van der Waals surface area (Å²) in [5.74, 6) is -1.78. The van der Waals surface area contributed by atoms with E-state index in [0.717, 1.165) is 0 Å². The fourth-order valence-corrected chi connectivity index (χ4v) is 1.55. The number of nitrogens with zero attached hydrogens (tertiary/aromatic N) is 1. The van der Waals surface area contributed by atoms with Crippen molar-refractivity contribution < 1.29 is 23.9 Å². The number of carbonyl (C=O) groups is 3. The van der Waals surface area contributed by atoms with Gasteiger partial charge in [-0.2, -0.15) is 0 Å². The van der Waals surface area contributed by atoms with E-state index in [1.807, 2.05) is 0 Å². The molecule has 0 aromatic carbocycles. The van der Waals surface area contributed by atoms with Gasteiger partial charge in [-0.1, -0.05) is 6.92 Å². The fraction of sp³-hybridized carbons (Fsp3) is 0.750. The molecule has 1 amide bonds. The summed E-state index contributed by atoms with van der Waals surface area (Å²) in [4.78, 5) is 35.9. The van der Waals surface area contributed by atoms with Crippen LogP contribution in [0.4, 0.5) is 4.79 Å². The number of amides is 1. The first-order valence-corrected chi connectivity index (χ1v) is 5.95. The molecule has 18 heavy (non-hydrogen) atoms. The quantitative estimate of drug-likeness (QED) is 0.523. The number of cyclic esters (lactones) is 2. The van der Waals surface area contributed by atoms with Crippen LogP contribution < -0.4 is 0 Å². The van der Waals surface area contributed by atoms with Gasteiger partial charge in [-0.25, -0.2) is 9.59 Å². The van der Waals surface area contributed by atoms with Crippen LogP contribution in [0.2, 0.25) is 0 Å². The lowest BCUT2D eigenvalue weighted by Crippen LogP contribution is -2.41. The van der Waals surface area contributed by atoms with Gasteiger partial charge in [-0.3, -0.25) is 9.69 Å². The molecule has 6 nitrogen and oxygen atoms in total. The number of esters is 2. The van der Waals surface area contributed by atoms with Crippen LogP contribution in [0.1, 0.15) is 34.1 Å². The molecular formula is C12H19NO5. The molecule has 102 valence electrons. The molecule has 1 aliphatic rings. The lowest BCUT2D eigenvalue weighted by Gasteiger charge is -2.26. The number of rotatable bonds is 1. The lowest BCUT2D eigenvalue weighted by atomic mass is 10.1. The van der Waals surface area contributed by atoms with E-state index in [-0.39, 0.29) is 13.1 Å². The first-order valence-electron chi connectivity index (χ1n) is 5.95. The van der Waals surface area contributed by atoms with Crippen molar-refractivity contribution in [3.05, 3.63) is 0 Å². The molecule has 1 fully saturated rings. The van der Waals surface area contributed by atoms with Crippen molar-refractivity contribution in [1.29, 1.82) is 0 Å². The molecule has 0 aromatic rings. The Labute approximate surface area is 106 Å². The van der Waals surface area contributed by atoms with E-state index in [1.165, 1.54) is 4.90 Å². The zero-order valence-electron chi connectivity index (χ0n) is 11.2. The summed E-state index contributed by atoms with van der Waals surface area (Å²) in [6.45, 7) is 6.92. The second kappa shape index (κ2) is 5.37. The highest BCUT2D eigenvalue weighted by Gasteiger charge is 2.33. The lowest BCUT2D eigenvalue weighted by molar-refractivity contribution is -0.160. The maximum absolute atomic E-state index is 11.9. The summed E-state index contributed by atoms with van der Waals surface area (Å²) < 4.78 is 9.77. The summed E-state index contributed by atoms with van der Waals surface area (Å²) >= 11 is 0. The van der Waals surface area contributed by atoms with Crippen molar-refractivity contribution in [2.75, 3.05) is 13.1 Å². The van der Waals surface area contributed by atoms with Crippen LogP contribution in [0.3, 0.4) is 0 Å². The van der Waals surface area contributed by atoms with Gasteiger partial charge in [0.2, 0.25) is 0 Å². The third kappa shape index (κ3) is 4.01. The summed E-state index contributed by atoms with van der Waals surface area (Å²) in [7, 11) is 0. The molecular weight excluding hydrogens is 238 g/mol. The van der Waals surface area contributed by atoms with Crippen molar-refractivity contribution in [3.63, 3.8) is 0 Å². The average molecular weight is 257 g/mol. The molecule has 1 atom stereocenters. The molecule has 0 unspecified atom stereocenters. The highest BCUT2D eigenvalue weighted by molar-refractivity contribution is 5.90. The smallest absolute Gasteiger partial charge is 0.410 e. The standard InChI is InChI=1S/C12H19NO5/c1-5-8-6-13(7-9(14)17-10(8)15)11(16)18-12(2,3)4/h8H,5-7H2,1-4H3/t8-/m0/s1. The van der Waals surface area contributed by atoms with Crippen molar-refractivity contribution in [2.45, 2.75) is 39.7 Å². The van der Waals surface area contributed by atoms with Crippen LogP contribution in [0.5, 0.6) is 0 Å². The van der Waals surface area contributed by atoms with Crippen LogP contribution in [-0.2, 0) is 19.1 Å². The summed E-state index contributed by atoms with van der Waals surface area (Å²) in [6, 6.07) is 0. The Morgan fingerprint density at radius 3 is 2.56 bits per heavy atom. The molecule has 1 rings (SSSR count). The van der Waals surface area contributed by atoms with E-state index >= 15 is 0 Å². The molecule has 0 aliphatic carbocycles. The summed E-state index contributed by atoms with van der Waals surface area (Å²) in [6.07, 6.45) is -0.0987. The normalized spacial score (nSPS) is 21.3. The number of carbonyl (C=O) groups excluding carboxylic acids is 3. The van der Waals surface area contributed by atoms with Crippen LogP contribution in [0, 0.1) is 5.92 Å². The highest BCUT2D eigenvalue weighted by Crippen LogP contribution is 2.16. The maximum Gasteiger partial charge on any atom is 0.410 e.